The Balaban J connectivity index is 7.50. The van der Waals surface area contributed by atoms with Crippen molar-refractivity contribution in [3.63, 3.8) is 0 Å². The molecule has 0 saturated heterocycles. The van der Waals surface area contributed by atoms with Crippen molar-refractivity contribution in [2.24, 2.45) is 5.73 Å². The van der Waals surface area contributed by atoms with Crippen LogP contribution in [0.15, 0.2) is 0 Å². The Morgan fingerprint density at radius 3 is 0.733 bits per heavy atom. The van der Waals surface area contributed by atoms with Crippen LogP contribution in [0.3, 0.4) is 0 Å². The number of hydrogen-bond acceptors (Lipinski definition) is 2. The van der Waals surface area contributed by atoms with Crippen LogP contribution < -0.4 is 5.73 Å². The number of thiol groups is 1. The van der Waals surface area contributed by atoms with Crippen molar-refractivity contribution < 1.29 is 119 Å². The van der Waals surface area contributed by atoms with E-state index in [1.165, 1.54) is 0 Å². The number of halogens is 26. The van der Waals surface area contributed by atoms with Crippen LogP contribution in [0.5, 0.6) is 0 Å². The first kappa shape index (κ1) is 43.0. The van der Waals surface area contributed by atoms with Gasteiger partial charge in [-0.1, -0.05) is 0 Å². The van der Waals surface area contributed by atoms with E-state index in [1.54, 1.807) is 0 Å². The Labute approximate surface area is 233 Å². The number of rotatable bonds is 15. The largest absolute Gasteiger partial charge is 0.392 e. The Kier molecular flexibility index (Phi) is 10.3. The van der Waals surface area contributed by atoms with Crippen LogP contribution in [-0.4, -0.2) is 88.7 Å². The molecule has 0 aliphatic carbocycles. The molecule has 1 amide bonds. The van der Waals surface area contributed by atoms with Crippen molar-refractivity contribution in [3.8, 4) is 0 Å². The Bertz CT molecular complexity index is 1110. The zero-order valence-corrected chi connectivity index (χ0v) is 20.6. The van der Waals surface area contributed by atoms with Crippen LogP contribution in [0.25, 0.3) is 0 Å². The maximum Gasteiger partial charge on any atom is 0.392 e. The molecular weight excluding hydrogens is 748 g/mol. The summed E-state index contributed by atoms with van der Waals surface area (Å²) >= 11 is 2.71. The van der Waals surface area contributed by atoms with Gasteiger partial charge in [0.25, 0.3) is 5.91 Å². The van der Waals surface area contributed by atoms with Gasteiger partial charge in [-0.05, 0) is 5.75 Å². The number of amides is 1. The molecule has 0 saturated carbocycles. The van der Waals surface area contributed by atoms with Gasteiger partial charge in [-0.25, -0.2) is 0 Å². The summed E-state index contributed by atoms with van der Waals surface area (Å²) in [7, 11) is 0. The summed E-state index contributed by atoms with van der Waals surface area (Å²) in [5, 5.41) is 0. The molecule has 0 atom stereocenters. The van der Waals surface area contributed by atoms with Gasteiger partial charge in [0.2, 0.25) is 0 Å². The quantitative estimate of drug-likeness (QED) is 0.129. The number of nitrogens with two attached hydrogens (primary N) is 1. The number of hydrogen-bond donors (Lipinski definition) is 2. The summed E-state index contributed by atoms with van der Waals surface area (Å²) < 4.78 is 352. The molecule has 0 aliphatic rings. The van der Waals surface area contributed by atoms with Crippen LogP contribution in [0.2, 0.25) is 0 Å². The van der Waals surface area contributed by atoms with Crippen LogP contribution in [0.1, 0.15) is 6.42 Å². The number of carbonyl (C=O) groups excluding carboxylic acids is 1. The standard InChI is InChI=1S/C16H7F26NOS/c17-4(18,1-2-45)6(21,22)8(25,26)10(29,30)12(33,34)14(37,38)16(41,42)15(39,40)13(35,36)11(31,32)9(27,28)7(23,24)5(19,20)3(43)44/h45H,1-2H2,(H2,43,44). The van der Waals surface area contributed by atoms with Crippen LogP contribution in [0, 0.1) is 0 Å². The smallest absolute Gasteiger partial charge is 0.364 e. The van der Waals surface area contributed by atoms with Crippen molar-refractivity contribution in [2.45, 2.75) is 83.4 Å². The topological polar surface area (TPSA) is 43.1 Å². The summed E-state index contributed by atoms with van der Waals surface area (Å²) in [6.45, 7) is 0. The molecule has 0 aromatic carbocycles. The molecule has 0 radical (unpaired) electrons. The summed E-state index contributed by atoms with van der Waals surface area (Å²) in [5.74, 6) is -122. The van der Waals surface area contributed by atoms with Crippen molar-refractivity contribution in [3.05, 3.63) is 0 Å². The molecule has 2 nitrogen and oxygen atoms in total. The van der Waals surface area contributed by atoms with E-state index in [9.17, 15) is 119 Å². The first-order chi connectivity index (χ1) is 19.0. The average molecular weight is 755 g/mol. The Morgan fingerprint density at radius 1 is 0.378 bits per heavy atom. The third-order valence-electron chi connectivity index (χ3n) is 5.53. The molecule has 0 bridgehead atoms. The Hall–Kier alpha value is -2.00. The highest BCUT2D eigenvalue weighted by Crippen LogP contribution is 2.68. The third kappa shape index (κ3) is 4.99. The van der Waals surface area contributed by atoms with E-state index in [0.717, 1.165) is 0 Å². The molecule has 0 unspecified atom stereocenters. The molecular formula is C16H7F26NOS. The molecule has 45 heavy (non-hydrogen) atoms. The van der Waals surface area contributed by atoms with Crippen molar-refractivity contribution in [1.82, 2.24) is 0 Å². The molecule has 0 fully saturated rings. The fraction of sp³-hybridized carbons (Fsp3) is 0.938. The average Bonchev–Trinajstić information content (AvgIpc) is 2.82. The van der Waals surface area contributed by atoms with Gasteiger partial charge in [-0.3, -0.25) is 4.79 Å². The molecule has 2 N–H and O–H groups in total. The highest BCUT2D eigenvalue weighted by atomic mass is 32.1. The zero-order chi connectivity index (χ0) is 37.5. The summed E-state index contributed by atoms with van der Waals surface area (Å²) in [6, 6.07) is 0. The van der Waals surface area contributed by atoms with Gasteiger partial charge in [-0.15, -0.1) is 0 Å². The van der Waals surface area contributed by atoms with E-state index < -0.39 is 95.1 Å². The van der Waals surface area contributed by atoms with Gasteiger partial charge in [0.1, 0.15) is 0 Å². The summed E-state index contributed by atoms with van der Waals surface area (Å²) in [6.07, 6.45) is -2.88. The van der Waals surface area contributed by atoms with E-state index in [1.807, 2.05) is 0 Å². The lowest BCUT2D eigenvalue weighted by atomic mass is 9.83. The lowest BCUT2D eigenvalue weighted by Crippen LogP contribution is -2.79. The molecule has 0 aromatic heterocycles. The van der Waals surface area contributed by atoms with Gasteiger partial charge in [0.05, 0.1) is 0 Å². The minimum absolute atomic E-state index is 1.78. The van der Waals surface area contributed by atoms with Crippen LogP contribution in [-0.2, 0) is 4.79 Å². The second-order valence-corrected chi connectivity index (χ2v) is 8.88. The third-order valence-corrected chi connectivity index (χ3v) is 5.76. The fourth-order valence-corrected chi connectivity index (χ4v) is 2.93. The molecule has 0 aliphatic heterocycles. The van der Waals surface area contributed by atoms with Crippen molar-refractivity contribution >= 4 is 18.5 Å². The second-order valence-electron chi connectivity index (χ2n) is 8.44. The first-order valence-electron chi connectivity index (χ1n) is 9.83. The van der Waals surface area contributed by atoms with Gasteiger partial charge < -0.3 is 5.73 Å². The first-order valence-corrected chi connectivity index (χ1v) is 10.5. The molecule has 0 rings (SSSR count). The number of primary amides is 1. The van der Waals surface area contributed by atoms with E-state index in [0.29, 0.717) is 0 Å². The summed E-state index contributed by atoms with van der Waals surface area (Å²) in [4.78, 5) is 10.2. The fourth-order valence-electron chi connectivity index (χ4n) is 2.65. The lowest BCUT2D eigenvalue weighted by Gasteiger charge is -2.46. The minimum Gasteiger partial charge on any atom is -0.364 e. The number of carbonyl (C=O) groups is 1. The minimum atomic E-state index is -9.75. The van der Waals surface area contributed by atoms with Crippen molar-refractivity contribution in [2.75, 3.05) is 5.75 Å². The van der Waals surface area contributed by atoms with Gasteiger partial charge in [0, 0.05) is 6.42 Å². The van der Waals surface area contributed by atoms with Crippen LogP contribution >= 0.6 is 12.6 Å². The van der Waals surface area contributed by atoms with Crippen molar-refractivity contribution in [1.29, 1.82) is 0 Å². The summed E-state index contributed by atoms with van der Waals surface area (Å²) in [5.41, 5.74) is 3.39. The predicted octanol–water partition coefficient (Wildman–Crippen LogP) is 8.05. The maximum atomic E-state index is 13.7. The SMILES string of the molecule is NC(=O)C(F)(F)C(F)(F)C(F)(F)C(F)(F)C(F)(F)C(F)(F)C(F)(F)C(F)(F)C(F)(F)C(F)(F)C(F)(F)C(F)(F)C(F)(F)CCS. The molecule has 29 heteroatoms. The molecule has 270 valence electrons. The molecule has 0 heterocycles. The maximum absolute atomic E-state index is 13.7. The molecule has 0 spiro atoms. The van der Waals surface area contributed by atoms with Gasteiger partial charge in [0.15, 0.2) is 0 Å². The van der Waals surface area contributed by atoms with E-state index >= 15 is 0 Å². The van der Waals surface area contributed by atoms with Crippen LogP contribution in [0.4, 0.5) is 114 Å². The highest BCUT2D eigenvalue weighted by Gasteiger charge is 3.00. The second kappa shape index (κ2) is 10.8. The van der Waals surface area contributed by atoms with E-state index in [-0.39, 0.29) is 0 Å². The predicted molar refractivity (Wildman–Crippen MR) is 92.0 cm³/mol. The van der Waals surface area contributed by atoms with Gasteiger partial charge >= 0.3 is 77.0 Å². The number of alkyl halides is 26. The van der Waals surface area contributed by atoms with E-state index in [2.05, 4.69) is 18.4 Å². The highest BCUT2D eigenvalue weighted by molar-refractivity contribution is 7.80. The Morgan fingerprint density at radius 2 is 0.556 bits per heavy atom. The monoisotopic (exact) mass is 755 g/mol. The normalized spacial score (nSPS) is 16.7. The van der Waals surface area contributed by atoms with E-state index in [4.69, 9.17) is 0 Å². The van der Waals surface area contributed by atoms with Gasteiger partial charge in [-0.2, -0.15) is 127 Å². The molecule has 0 aromatic rings. The zero-order valence-electron chi connectivity index (χ0n) is 19.7. The lowest BCUT2D eigenvalue weighted by molar-refractivity contribution is -0.481.